The van der Waals surface area contributed by atoms with Crippen LogP contribution in [0.25, 0.3) is 0 Å². The molecule has 1 aromatic rings. The molecule has 3 rings (SSSR count). The summed E-state index contributed by atoms with van der Waals surface area (Å²) in [5.74, 6) is 2.40. The fourth-order valence-electron chi connectivity index (χ4n) is 4.12. The zero-order chi connectivity index (χ0) is 13.4. The zero-order valence-electron chi connectivity index (χ0n) is 11.3. The number of fused-ring (bicyclic) bond motifs is 2. The van der Waals surface area contributed by atoms with Gasteiger partial charge in [0.2, 0.25) is 0 Å². The highest BCUT2D eigenvalue weighted by molar-refractivity contribution is 6.30. The smallest absolute Gasteiger partial charge is 0.141 e. The maximum Gasteiger partial charge on any atom is 0.141 e. The van der Waals surface area contributed by atoms with Crippen molar-refractivity contribution in [1.29, 1.82) is 0 Å². The van der Waals surface area contributed by atoms with Crippen LogP contribution in [-0.2, 0) is 0 Å². The fraction of sp³-hybridized carbons (Fsp3) is 0.625. The van der Waals surface area contributed by atoms with Crippen molar-refractivity contribution < 1.29 is 4.39 Å². The van der Waals surface area contributed by atoms with E-state index in [9.17, 15) is 4.39 Å². The second kappa shape index (κ2) is 5.41. The largest absolute Gasteiger partial charge is 0.313 e. The molecule has 4 atom stereocenters. The van der Waals surface area contributed by atoms with Gasteiger partial charge in [0.25, 0.3) is 0 Å². The predicted octanol–water partition coefficient (Wildman–Crippen LogP) is 4.57. The summed E-state index contributed by atoms with van der Waals surface area (Å²) in [6, 6.07) is 5.39. The lowest BCUT2D eigenvalue weighted by molar-refractivity contribution is 0.284. The first-order valence-electron chi connectivity index (χ1n) is 7.29. The van der Waals surface area contributed by atoms with Crippen molar-refractivity contribution >= 4 is 11.6 Å². The van der Waals surface area contributed by atoms with Crippen molar-refractivity contribution in [1.82, 2.24) is 5.32 Å². The summed E-state index contributed by atoms with van der Waals surface area (Å²) < 4.78 is 13.2. The van der Waals surface area contributed by atoms with Gasteiger partial charge in [0, 0.05) is 6.04 Å². The van der Waals surface area contributed by atoms with Gasteiger partial charge in [0.1, 0.15) is 5.82 Å². The molecule has 2 aliphatic carbocycles. The molecule has 1 nitrogen and oxygen atoms in total. The van der Waals surface area contributed by atoms with Crippen LogP contribution in [-0.4, -0.2) is 7.05 Å². The topological polar surface area (TPSA) is 12.0 Å². The summed E-state index contributed by atoms with van der Waals surface area (Å²) in [4.78, 5) is 0. The van der Waals surface area contributed by atoms with Gasteiger partial charge in [0.15, 0.2) is 0 Å². The highest BCUT2D eigenvalue weighted by Gasteiger charge is 2.40. The van der Waals surface area contributed by atoms with Crippen molar-refractivity contribution in [3.8, 4) is 0 Å². The lowest BCUT2D eigenvalue weighted by Gasteiger charge is -2.27. The summed E-state index contributed by atoms with van der Waals surface area (Å²) in [6.07, 6.45) is 6.83. The summed E-state index contributed by atoms with van der Waals surface area (Å²) in [6.45, 7) is 0. The van der Waals surface area contributed by atoms with Crippen LogP contribution in [0.2, 0.25) is 5.02 Å². The molecule has 2 saturated carbocycles. The molecule has 2 bridgehead atoms. The molecule has 0 radical (unpaired) electrons. The van der Waals surface area contributed by atoms with Gasteiger partial charge in [-0.2, -0.15) is 0 Å². The van der Waals surface area contributed by atoms with Crippen molar-refractivity contribution in [2.24, 2.45) is 17.8 Å². The van der Waals surface area contributed by atoms with Crippen LogP contribution in [0.5, 0.6) is 0 Å². The fourth-order valence-corrected chi connectivity index (χ4v) is 4.31. The molecular formula is C16H21ClFN. The third-order valence-electron chi connectivity index (χ3n) is 5.12. The standard InChI is InChI=1S/C16H21ClFN/c1-19-16(12-4-5-15(18)14(17)8-12)9-13-7-10-2-3-11(13)6-10/h4-5,8,10-11,13,16,19H,2-3,6-7,9H2,1H3. The SMILES string of the molecule is CNC(CC1CC2CCC1C2)c1ccc(F)c(Cl)c1. The minimum absolute atomic E-state index is 0.227. The van der Waals surface area contributed by atoms with Gasteiger partial charge in [-0.05, 0) is 68.2 Å². The van der Waals surface area contributed by atoms with Gasteiger partial charge in [-0.15, -0.1) is 0 Å². The number of hydrogen-bond acceptors (Lipinski definition) is 1. The molecule has 3 heteroatoms. The van der Waals surface area contributed by atoms with E-state index in [-0.39, 0.29) is 10.8 Å². The van der Waals surface area contributed by atoms with Gasteiger partial charge in [-0.1, -0.05) is 24.1 Å². The minimum Gasteiger partial charge on any atom is -0.313 e. The van der Waals surface area contributed by atoms with Crippen LogP contribution >= 0.6 is 11.6 Å². The van der Waals surface area contributed by atoms with Gasteiger partial charge < -0.3 is 5.32 Å². The van der Waals surface area contributed by atoms with E-state index in [1.54, 1.807) is 6.07 Å². The van der Waals surface area contributed by atoms with Crippen LogP contribution in [0.1, 0.15) is 43.7 Å². The molecule has 19 heavy (non-hydrogen) atoms. The van der Waals surface area contributed by atoms with E-state index in [2.05, 4.69) is 5.32 Å². The Kier molecular flexibility index (Phi) is 3.81. The summed E-state index contributed by atoms with van der Waals surface area (Å²) >= 11 is 5.89. The molecule has 104 valence electrons. The Bertz CT molecular complexity index is 462. The molecule has 4 unspecified atom stereocenters. The quantitative estimate of drug-likeness (QED) is 0.853. The van der Waals surface area contributed by atoms with Gasteiger partial charge in [0.05, 0.1) is 5.02 Å². The van der Waals surface area contributed by atoms with E-state index in [0.717, 1.165) is 29.7 Å². The monoisotopic (exact) mass is 281 g/mol. The first-order valence-corrected chi connectivity index (χ1v) is 7.67. The van der Waals surface area contributed by atoms with Gasteiger partial charge in [-0.25, -0.2) is 4.39 Å². The molecule has 2 fully saturated rings. The number of benzene rings is 1. The number of halogens is 2. The molecular weight excluding hydrogens is 261 g/mol. The molecule has 0 saturated heterocycles. The predicted molar refractivity (Wildman–Crippen MR) is 76.8 cm³/mol. The highest BCUT2D eigenvalue weighted by Crippen LogP contribution is 2.50. The van der Waals surface area contributed by atoms with Gasteiger partial charge >= 0.3 is 0 Å². The second-order valence-corrected chi connectivity index (χ2v) is 6.59. The minimum atomic E-state index is -0.333. The molecule has 0 heterocycles. The van der Waals surface area contributed by atoms with E-state index in [1.807, 2.05) is 13.1 Å². The average Bonchev–Trinajstić information content (AvgIpc) is 3.01. The van der Waals surface area contributed by atoms with Crippen LogP contribution < -0.4 is 5.32 Å². The van der Waals surface area contributed by atoms with Crippen molar-refractivity contribution in [3.63, 3.8) is 0 Å². The normalized spacial score (nSPS) is 30.8. The summed E-state index contributed by atoms with van der Waals surface area (Å²) in [7, 11) is 1.98. The van der Waals surface area contributed by atoms with Crippen molar-refractivity contribution in [2.75, 3.05) is 7.05 Å². The third kappa shape index (κ3) is 2.66. The maximum absolute atomic E-state index is 13.2. The molecule has 2 aliphatic rings. The van der Waals surface area contributed by atoms with Crippen molar-refractivity contribution in [3.05, 3.63) is 34.6 Å². The number of hydrogen-bond donors (Lipinski definition) is 1. The van der Waals surface area contributed by atoms with Crippen LogP contribution in [0.4, 0.5) is 4.39 Å². The second-order valence-electron chi connectivity index (χ2n) is 6.19. The Morgan fingerprint density at radius 2 is 2.21 bits per heavy atom. The Morgan fingerprint density at radius 3 is 2.79 bits per heavy atom. The Labute approximate surface area is 119 Å². The third-order valence-corrected chi connectivity index (χ3v) is 5.41. The number of nitrogens with one attached hydrogen (secondary N) is 1. The van der Waals surface area contributed by atoms with E-state index in [0.29, 0.717) is 6.04 Å². The van der Waals surface area contributed by atoms with E-state index >= 15 is 0 Å². The summed E-state index contributed by atoms with van der Waals surface area (Å²) in [5.41, 5.74) is 1.11. The zero-order valence-corrected chi connectivity index (χ0v) is 12.1. The first kappa shape index (κ1) is 13.4. The molecule has 0 spiro atoms. The lowest BCUT2D eigenvalue weighted by Crippen LogP contribution is -2.22. The summed E-state index contributed by atoms with van der Waals surface area (Å²) in [5, 5.41) is 3.60. The maximum atomic E-state index is 13.2. The lowest BCUT2D eigenvalue weighted by atomic mass is 9.83. The number of rotatable bonds is 4. The highest BCUT2D eigenvalue weighted by atomic mass is 35.5. The first-order chi connectivity index (χ1) is 9.17. The van der Waals surface area contributed by atoms with Crippen LogP contribution in [0, 0.1) is 23.6 Å². The van der Waals surface area contributed by atoms with Crippen molar-refractivity contribution in [2.45, 2.75) is 38.1 Å². The van der Waals surface area contributed by atoms with Crippen LogP contribution in [0.15, 0.2) is 18.2 Å². The molecule has 0 amide bonds. The Morgan fingerprint density at radius 1 is 1.37 bits per heavy atom. The average molecular weight is 282 g/mol. The molecule has 0 aliphatic heterocycles. The molecule has 1 aromatic carbocycles. The van der Waals surface area contributed by atoms with E-state index in [4.69, 9.17) is 11.6 Å². The van der Waals surface area contributed by atoms with E-state index < -0.39 is 0 Å². The van der Waals surface area contributed by atoms with Crippen LogP contribution in [0.3, 0.4) is 0 Å². The molecule has 0 aromatic heterocycles. The van der Waals surface area contributed by atoms with Gasteiger partial charge in [-0.3, -0.25) is 0 Å². The Hall–Kier alpha value is -0.600. The Balaban J connectivity index is 1.71. The van der Waals surface area contributed by atoms with E-state index in [1.165, 1.54) is 31.7 Å². The molecule has 1 N–H and O–H groups in total.